The number of hydrogen-bond acceptors (Lipinski definition) is 2. The summed E-state index contributed by atoms with van der Waals surface area (Å²) in [4.78, 5) is 14.0. The zero-order valence-electron chi connectivity index (χ0n) is 7.57. The normalized spacial score (nSPS) is 11.3. The quantitative estimate of drug-likeness (QED) is 0.628. The largest absolute Gasteiger partial charge is 0.321 e. The zero-order valence-corrected chi connectivity index (χ0v) is 8.32. The summed E-state index contributed by atoms with van der Waals surface area (Å²) in [6.45, 7) is 0. The molecule has 4 nitrogen and oxygen atoms in total. The second-order valence-corrected chi connectivity index (χ2v) is 3.61. The molecule has 0 saturated carbocycles. The Labute approximate surface area is 89.2 Å². The van der Waals surface area contributed by atoms with E-state index in [1.165, 1.54) is 10.3 Å². The number of benzene rings is 1. The second kappa shape index (κ2) is 2.84. The smallest absolute Gasteiger partial charge is 0.248 e. The van der Waals surface area contributed by atoms with Crippen LogP contribution in [0.25, 0.3) is 21.8 Å². The SMILES string of the molecule is O=c1ccc2ccc3c(cnn3Cl)c2[nH]1. The Hall–Kier alpha value is -1.81. The third-order valence-electron chi connectivity index (χ3n) is 2.40. The maximum absolute atomic E-state index is 11.2. The number of rotatable bonds is 0. The van der Waals surface area contributed by atoms with E-state index in [1.807, 2.05) is 12.1 Å². The molecule has 3 rings (SSSR count). The number of aromatic amines is 1. The first-order valence-corrected chi connectivity index (χ1v) is 4.75. The van der Waals surface area contributed by atoms with E-state index in [4.69, 9.17) is 11.8 Å². The number of fused-ring (bicyclic) bond motifs is 3. The second-order valence-electron chi connectivity index (χ2n) is 3.29. The van der Waals surface area contributed by atoms with Crippen LogP contribution in [0.5, 0.6) is 0 Å². The van der Waals surface area contributed by atoms with Gasteiger partial charge in [0, 0.05) is 23.2 Å². The van der Waals surface area contributed by atoms with Gasteiger partial charge in [0.15, 0.2) is 0 Å². The molecule has 0 aliphatic rings. The molecular formula is C10H6ClN3O. The van der Waals surface area contributed by atoms with E-state index < -0.39 is 0 Å². The topological polar surface area (TPSA) is 50.7 Å². The monoisotopic (exact) mass is 219 g/mol. The van der Waals surface area contributed by atoms with Crippen LogP contribution in [0.15, 0.2) is 35.3 Å². The van der Waals surface area contributed by atoms with Crippen molar-refractivity contribution in [3.05, 3.63) is 40.8 Å². The predicted octanol–water partition coefficient (Wildman–Crippen LogP) is 1.88. The van der Waals surface area contributed by atoms with Crippen molar-refractivity contribution in [1.29, 1.82) is 0 Å². The van der Waals surface area contributed by atoms with E-state index >= 15 is 0 Å². The van der Waals surface area contributed by atoms with Gasteiger partial charge in [-0.15, -0.1) is 0 Å². The van der Waals surface area contributed by atoms with Crippen LogP contribution in [0.1, 0.15) is 0 Å². The van der Waals surface area contributed by atoms with Crippen molar-refractivity contribution in [3.63, 3.8) is 0 Å². The van der Waals surface area contributed by atoms with Gasteiger partial charge in [-0.1, -0.05) is 6.07 Å². The summed E-state index contributed by atoms with van der Waals surface area (Å²) in [5.41, 5.74) is 1.43. The van der Waals surface area contributed by atoms with Gasteiger partial charge in [-0.25, -0.2) is 0 Å². The van der Waals surface area contributed by atoms with Crippen LogP contribution in [-0.4, -0.2) is 14.3 Å². The molecular weight excluding hydrogens is 214 g/mol. The van der Waals surface area contributed by atoms with Crippen molar-refractivity contribution < 1.29 is 0 Å². The molecule has 0 amide bonds. The highest BCUT2D eigenvalue weighted by Gasteiger charge is 2.05. The van der Waals surface area contributed by atoms with Gasteiger partial charge in [0.25, 0.3) is 0 Å². The maximum Gasteiger partial charge on any atom is 0.248 e. The Kier molecular flexibility index (Phi) is 1.61. The average Bonchev–Trinajstić information content (AvgIpc) is 2.61. The van der Waals surface area contributed by atoms with Crippen LogP contribution < -0.4 is 5.56 Å². The van der Waals surface area contributed by atoms with Crippen LogP contribution in [-0.2, 0) is 0 Å². The fraction of sp³-hybridized carbons (Fsp3) is 0. The number of pyridine rings is 1. The molecule has 0 atom stereocenters. The van der Waals surface area contributed by atoms with E-state index in [9.17, 15) is 4.79 Å². The summed E-state index contributed by atoms with van der Waals surface area (Å²) in [6, 6.07) is 7.04. The minimum Gasteiger partial charge on any atom is -0.321 e. The van der Waals surface area contributed by atoms with E-state index in [-0.39, 0.29) is 5.56 Å². The van der Waals surface area contributed by atoms with Gasteiger partial charge in [0.05, 0.1) is 17.2 Å². The molecule has 74 valence electrons. The molecule has 5 heteroatoms. The zero-order chi connectivity index (χ0) is 10.4. The summed E-state index contributed by atoms with van der Waals surface area (Å²) in [6.07, 6.45) is 1.64. The van der Waals surface area contributed by atoms with Gasteiger partial charge >= 0.3 is 0 Å². The lowest BCUT2D eigenvalue weighted by atomic mass is 10.1. The lowest BCUT2D eigenvalue weighted by Gasteiger charge is -1.98. The lowest BCUT2D eigenvalue weighted by molar-refractivity contribution is 1.02. The molecule has 0 saturated heterocycles. The standard InChI is InChI=1S/C10H6ClN3O/c11-14-8-3-1-6-2-4-9(15)13-10(6)7(8)5-12-14/h1-5H,(H,13,15). The predicted molar refractivity (Wildman–Crippen MR) is 59.1 cm³/mol. The van der Waals surface area contributed by atoms with Gasteiger partial charge < -0.3 is 4.98 Å². The number of nitrogens with zero attached hydrogens (tertiary/aromatic N) is 2. The van der Waals surface area contributed by atoms with Crippen molar-refractivity contribution in [1.82, 2.24) is 14.3 Å². The first-order chi connectivity index (χ1) is 7.25. The van der Waals surface area contributed by atoms with Gasteiger partial charge in [-0.05, 0) is 17.5 Å². The van der Waals surface area contributed by atoms with Crippen LogP contribution in [0.2, 0.25) is 0 Å². The molecule has 15 heavy (non-hydrogen) atoms. The molecule has 2 aromatic heterocycles. The molecule has 1 N–H and O–H groups in total. The minimum atomic E-state index is -0.127. The summed E-state index contributed by atoms with van der Waals surface area (Å²) in [7, 11) is 0. The van der Waals surface area contributed by atoms with E-state index in [1.54, 1.807) is 12.3 Å². The van der Waals surface area contributed by atoms with Crippen LogP contribution in [0, 0.1) is 0 Å². The summed E-state index contributed by atoms with van der Waals surface area (Å²) in [5.74, 6) is 0. The maximum atomic E-state index is 11.2. The molecule has 1 aromatic carbocycles. The highest BCUT2D eigenvalue weighted by Crippen LogP contribution is 2.22. The highest BCUT2D eigenvalue weighted by molar-refractivity contribution is 6.19. The van der Waals surface area contributed by atoms with Crippen LogP contribution in [0.4, 0.5) is 0 Å². The first kappa shape index (κ1) is 8.49. The minimum absolute atomic E-state index is 0.127. The lowest BCUT2D eigenvalue weighted by Crippen LogP contribution is -2.02. The van der Waals surface area contributed by atoms with Crippen molar-refractivity contribution in [2.75, 3.05) is 0 Å². The Morgan fingerprint density at radius 1 is 1.27 bits per heavy atom. The van der Waals surface area contributed by atoms with E-state index in [0.717, 1.165) is 21.8 Å². The van der Waals surface area contributed by atoms with Crippen molar-refractivity contribution >= 4 is 33.6 Å². The van der Waals surface area contributed by atoms with E-state index in [0.29, 0.717) is 0 Å². The van der Waals surface area contributed by atoms with Gasteiger partial charge in [0.2, 0.25) is 5.56 Å². The Morgan fingerprint density at radius 3 is 2.93 bits per heavy atom. The molecule has 0 radical (unpaired) electrons. The van der Waals surface area contributed by atoms with Crippen molar-refractivity contribution in [2.24, 2.45) is 0 Å². The van der Waals surface area contributed by atoms with Crippen molar-refractivity contribution in [2.45, 2.75) is 0 Å². The fourth-order valence-corrected chi connectivity index (χ4v) is 1.89. The Morgan fingerprint density at radius 2 is 2.07 bits per heavy atom. The molecule has 0 spiro atoms. The number of aromatic nitrogens is 3. The summed E-state index contributed by atoms with van der Waals surface area (Å²) >= 11 is 5.83. The molecule has 2 heterocycles. The molecule has 0 bridgehead atoms. The van der Waals surface area contributed by atoms with Crippen molar-refractivity contribution in [3.8, 4) is 0 Å². The highest BCUT2D eigenvalue weighted by atomic mass is 35.5. The van der Waals surface area contributed by atoms with Crippen LogP contribution in [0.3, 0.4) is 0 Å². The number of halogens is 1. The third-order valence-corrected chi connectivity index (χ3v) is 2.67. The summed E-state index contributed by atoms with van der Waals surface area (Å²) < 4.78 is 1.26. The average molecular weight is 220 g/mol. The van der Waals surface area contributed by atoms with Gasteiger partial charge in [-0.2, -0.15) is 9.30 Å². The Bertz CT molecular complexity index is 713. The van der Waals surface area contributed by atoms with Gasteiger partial charge in [-0.3, -0.25) is 4.79 Å². The fourth-order valence-electron chi connectivity index (χ4n) is 1.70. The van der Waals surface area contributed by atoms with Crippen LogP contribution >= 0.6 is 11.8 Å². The number of nitrogens with one attached hydrogen (secondary N) is 1. The van der Waals surface area contributed by atoms with Gasteiger partial charge in [0.1, 0.15) is 0 Å². The molecule has 0 unspecified atom stereocenters. The molecule has 3 aromatic rings. The Balaban J connectivity index is 2.63. The number of H-pyrrole nitrogens is 1. The molecule has 0 fully saturated rings. The first-order valence-electron chi connectivity index (χ1n) is 4.42. The molecule has 0 aliphatic heterocycles. The summed E-state index contributed by atoms with van der Waals surface area (Å²) in [5, 5.41) is 5.75. The number of hydrogen-bond donors (Lipinski definition) is 1. The third kappa shape index (κ3) is 1.15. The molecule has 0 aliphatic carbocycles. The van der Waals surface area contributed by atoms with E-state index in [2.05, 4.69) is 10.1 Å².